The molecule has 1 aromatic carbocycles. The van der Waals surface area contributed by atoms with Crippen molar-refractivity contribution in [3.05, 3.63) is 58.9 Å². The normalized spacial score (nSPS) is 18.5. The van der Waals surface area contributed by atoms with Crippen molar-refractivity contribution in [2.75, 3.05) is 19.6 Å². The van der Waals surface area contributed by atoms with Gasteiger partial charge in [-0.3, -0.25) is 4.79 Å². The number of hydrogen-bond acceptors (Lipinski definition) is 6. The number of furan rings is 1. The van der Waals surface area contributed by atoms with Gasteiger partial charge in [0.15, 0.2) is 0 Å². The van der Waals surface area contributed by atoms with Crippen LogP contribution in [0.4, 0.5) is 8.78 Å². The summed E-state index contributed by atoms with van der Waals surface area (Å²) in [5, 5.41) is 13.4. The van der Waals surface area contributed by atoms with Gasteiger partial charge >= 0.3 is 5.92 Å². The first kappa shape index (κ1) is 24.0. The van der Waals surface area contributed by atoms with Crippen LogP contribution < -0.4 is 10.1 Å². The van der Waals surface area contributed by atoms with Gasteiger partial charge in [0, 0.05) is 29.8 Å². The first-order valence-electron chi connectivity index (χ1n) is 11.7. The maximum absolute atomic E-state index is 15.3. The average molecular weight is 506 g/mol. The Labute approximate surface area is 206 Å². The van der Waals surface area contributed by atoms with Crippen molar-refractivity contribution < 1.29 is 27.8 Å². The average Bonchev–Trinajstić information content (AvgIpc) is 3.39. The van der Waals surface area contributed by atoms with Gasteiger partial charge in [0.25, 0.3) is 5.91 Å². The van der Waals surface area contributed by atoms with Gasteiger partial charge in [0.2, 0.25) is 11.6 Å². The third kappa shape index (κ3) is 5.12. The van der Waals surface area contributed by atoms with Gasteiger partial charge < -0.3 is 24.5 Å². The largest absolute Gasteiger partial charge is 0.474 e. The lowest BCUT2D eigenvalue weighted by molar-refractivity contribution is -0.151. The third-order valence-electron chi connectivity index (χ3n) is 6.37. The van der Waals surface area contributed by atoms with Crippen LogP contribution in [0.5, 0.6) is 5.88 Å². The van der Waals surface area contributed by atoms with Crippen molar-refractivity contribution in [3.8, 4) is 5.88 Å². The van der Waals surface area contributed by atoms with Crippen LogP contribution in [0.25, 0.3) is 11.0 Å². The molecule has 2 fully saturated rings. The van der Waals surface area contributed by atoms with Crippen molar-refractivity contribution >= 4 is 28.5 Å². The number of aliphatic hydroxyl groups is 1. The summed E-state index contributed by atoms with van der Waals surface area (Å²) in [5.74, 6) is -6.12. The van der Waals surface area contributed by atoms with Crippen molar-refractivity contribution in [2.24, 2.45) is 0 Å². The number of rotatable bonds is 9. The molecule has 1 amide bonds. The molecule has 1 aliphatic carbocycles. The Morgan fingerprint density at radius 3 is 2.66 bits per heavy atom. The number of amides is 1. The first-order chi connectivity index (χ1) is 16.8. The highest BCUT2D eigenvalue weighted by Crippen LogP contribution is 2.40. The number of nitrogens with zero attached hydrogens (tertiary/aromatic N) is 2. The lowest BCUT2D eigenvalue weighted by Crippen LogP contribution is -2.51. The molecule has 2 N–H and O–H groups in total. The number of hydrogen-bond donors (Lipinski definition) is 2. The van der Waals surface area contributed by atoms with Gasteiger partial charge in [-0.05, 0) is 57.0 Å². The van der Waals surface area contributed by atoms with E-state index >= 15 is 8.78 Å². The molecule has 2 unspecified atom stereocenters. The number of carbonyl (C=O) groups is 1. The second-order valence-electron chi connectivity index (χ2n) is 9.10. The summed E-state index contributed by atoms with van der Waals surface area (Å²) < 4.78 is 41.4. The van der Waals surface area contributed by atoms with E-state index in [1.54, 1.807) is 30.3 Å². The summed E-state index contributed by atoms with van der Waals surface area (Å²) in [4.78, 5) is 19.1. The molecule has 5 rings (SSSR count). The predicted octanol–water partition coefficient (Wildman–Crippen LogP) is 4.43. The van der Waals surface area contributed by atoms with Crippen molar-refractivity contribution in [1.82, 2.24) is 15.2 Å². The summed E-state index contributed by atoms with van der Waals surface area (Å²) >= 11 is 6.14. The van der Waals surface area contributed by atoms with Crippen LogP contribution in [0, 0.1) is 0 Å². The van der Waals surface area contributed by atoms with Crippen molar-refractivity contribution in [3.63, 3.8) is 0 Å². The molecule has 1 aliphatic heterocycles. The number of aromatic nitrogens is 1. The molecule has 2 aromatic heterocycles. The van der Waals surface area contributed by atoms with E-state index in [2.05, 4.69) is 10.3 Å². The van der Waals surface area contributed by atoms with Crippen LogP contribution in [0.15, 0.2) is 47.0 Å². The van der Waals surface area contributed by atoms with Crippen molar-refractivity contribution in [2.45, 2.75) is 49.9 Å². The molecule has 0 bridgehead atoms. The highest BCUT2D eigenvalue weighted by atomic mass is 35.5. The molecule has 0 radical (unpaired) electrons. The zero-order valence-electron chi connectivity index (χ0n) is 18.9. The summed E-state index contributed by atoms with van der Waals surface area (Å²) in [7, 11) is 0. The van der Waals surface area contributed by atoms with Crippen molar-refractivity contribution in [1.29, 1.82) is 0 Å². The Balaban J connectivity index is 1.36. The topological polar surface area (TPSA) is 87.8 Å². The fourth-order valence-electron chi connectivity index (χ4n) is 4.27. The minimum Gasteiger partial charge on any atom is -0.474 e. The van der Waals surface area contributed by atoms with E-state index in [1.807, 2.05) is 4.90 Å². The number of carbonyl (C=O) groups excluding carboxylic acids is 1. The Kier molecular flexibility index (Phi) is 6.65. The molecule has 35 heavy (non-hydrogen) atoms. The second kappa shape index (κ2) is 9.72. The number of halogens is 3. The molecule has 10 heteroatoms. The van der Waals surface area contributed by atoms with Crippen LogP contribution in [-0.4, -0.2) is 52.7 Å². The predicted molar refractivity (Wildman–Crippen MR) is 126 cm³/mol. The molecule has 0 spiro atoms. The lowest BCUT2D eigenvalue weighted by atomic mass is 10.0. The van der Waals surface area contributed by atoms with Gasteiger partial charge in [0.1, 0.15) is 17.8 Å². The summed E-state index contributed by atoms with van der Waals surface area (Å²) in [6.45, 7) is 1.73. The number of nitrogens with one attached hydrogen (secondary N) is 1. The van der Waals surface area contributed by atoms with Crippen LogP contribution in [0.2, 0.25) is 5.02 Å². The second-order valence-corrected chi connectivity index (χ2v) is 9.47. The van der Waals surface area contributed by atoms with E-state index in [9.17, 15) is 9.90 Å². The van der Waals surface area contributed by atoms with Crippen LogP contribution in [0.3, 0.4) is 0 Å². The maximum atomic E-state index is 15.3. The van der Waals surface area contributed by atoms with Crippen LogP contribution in [-0.2, 0) is 10.7 Å². The van der Waals surface area contributed by atoms with Gasteiger partial charge in [-0.15, -0.1) is 0 Å². The van der Waals surface area contributed by atoms with Gasteiger partial charge in [-0.25, -0.2) is 4.98 Å². The first-order valence-corrected chi connectivity index (χ1v) is 12.1. The molecule has 1 saturated carbocycles. The van der Waals surface area contributed by atoms with E-state index in [4.69, 9.17) is 20.8 Å². The zero-order valence-corrected chi connectivity index (χ0v) is 19.7. The van der Waals surface area contributed by atoms with E-state index in [0.717, 1.165) is 38.8 Å². The number of pyridine rings is 1. The van der Waals surface area contributed by atoms with Crippen LogP contribution in [0.1, 0.15) is 43.1 Å². The van der Waals surface area contributed by atoms with Gasteiger partial charge in [0.05, 0.1) is 11.1 Å². The molecular weight excluding hydrogens is 480 g/mol. The number of alkyl halides is 2. The number of fused-ring (bicyclic) bond motifs is 1. The number of benzene rings is 1. The quantitative estimate of drug-likeness (QED) is 0.447. The monoisotopic (exact) mass is 505 g/mol. The summed E-state index contributed by atoms with van der Waals surface area (Å²) in [5.41, 5.74) is 0.552. The summed E-state index contributed by atoms with van der Waals surface area (Å²) in [6, 6.07) is 8.57. The molecule has 2 atom stereocenters. The standard InChI is InChI=1S/C25H26ClF2N3O4/c26-21-17-5-1-2-6-19(17)35-23(21)25(27,28)24(33)30-18(14-31-11-3-4-12-31)22(32)15-7-10-20(29-13-15)34-16-8-9-16/h1-2,5-7,10,13,16,18,22,32H,3-4,8-9,11-12,14H2,(H,30,33). The molecule has 2 aliphatic rings. The lowest BCUT2D eigenvalue weighted by Gasteiger charge is -2.29. The van der Waals surface area contributed by atoms with E-state index in [-0.39, 0.29) is 23.3 Å². The SMILES string of the molecule is O=C(NC(CN1CCCC1)C(O)c1ccc(OC2CC2)nc1)C(F)(F)c1oc2ccccc2c1Cl. The molecule has 1 saturated heterocycles. The highest BCUT2D eigenvalue weighted by molar-refractivity contribution is 6.36. The third-order valence-corrected chi connectivity index (χ3v) is 6.74. The Bertz CT molecular complexity index is 1190. The van der Waals surface area contributed by atoms with E-state index < -0.39 is 29.7 Å². The minimum atomic E-state index is -4.04. The van der Waals surface area contributed by atoms with Gasteiger partial charge in [-0.1, -0.05) is 23.7 Å². The van der Waals surface area contributed by atoms with E-state index in [1.165, 1.54) is 12.3 Å². The van der Waals surface area contributed by atoms with Gasteiger partial charge in [-0.2, -0.15) is 8.78 Å². The molecule has 3 heterocycles. The maximum Gasteiger partial charge on any atom is 0.382 e. The highest BCUT2D eigenvalue weighted by Gasteiger charge is 2.48. The fraction of sp³-hybridized carbons (Fsp3) is 0.440. The van der Waals surface area contributed by atoms with E-state index in [0.29, 0.717) is 16.8 Å². The molecule has 7 nitrogen and oxygen atoms in total. The Morgan fingerprint density at radius 2 is 2.00 bits per heavy atom. The smallest absolute Gasteiger partial charge is 0.382 e. The van der Waals surface area contributed by atoms with Crippen LogP contribution >= 0.6 is 11.6 Å². The summed E-state index contributed by atoms with van der Waals surface area (Å²) in [6.07, 6.45) is 4.27. The molecule has 186 valence electrons. The Morgan fingerprint density at radius 1 is 1.26 bits per heavy atom. The molecular formula is C25H26ClF2N3O4. The zero-order chi connectivity index (χ0) is 24.6. The number of ether oxygens (including phenoxy) is 1. The minimum absolute atomic E-state index is 0.160. The molecule has 3 aromatic rings. The fourth-order valence-corrected chi connectivity index (χ4v) is 4.58. The number of para-hydroxylation sites is 1. The number of likely N-dealkylation sites (tertiary alicyclic amines) is 1. The number of aliphatic hydroxyl groups excluding tert-OH is 1. The Hall–Kier alpha value is -2.75.